The third-order valence-corrected chi connectivity index (χ3v) is 5.37. The minimum absolute atomic E-state index is 0.0682. The van der Waals surface area contributed by atoms with Gasteiger partial charge in [-0.1, -0.05) is 30.3 Å². The molecule has 4 rings (SSSR count). The summed E-state index contributed by atoms with van der Waals surface area (Å²) in [6, 6.07) is 11.2. The Labute approximate surface area is 189 Å². The molecule has 0 radical (unpaired) electrons. The molecule has 0 saturated carbocycles. The number of anilines is 1. The molecule has 2 aromatic rings. The SMILES string of the molecule is O=C(O)NC1COCC1C(NCc1ccc2c(n1)NC(=O)CO2)C(=O)OCc1ccccc1. The number of carboxylic acid groups (broad SMARTS) is 1. The summed E-state index contributed by atoms with van der Waals surface area (Å²) in [4.78, 5) is 40.1. The predicted molar refractivity (Wildman–Crippen MR) is 114 cm³/mol. The van der Waals surface area contributed by atoms with Crippen LogP contribution in [-0.2, 0) is 32.2 Å². The van der Waals surface area contributed by atoms with E-state index in [2.05, 4.69) is 20.9 Å². The summed E-state index contributed by atoms with van der Waals surface area (Å²) < 4.78 is 16.3. The van der Waals surface area contributed by atoms with E-state index in [-0.39, 0.29) is 38.9 Å². The van der Waals surface area contributed by atoms with Crippen molar-refractivity contribution in [3.63, 3.8) is 0 Å². The topological polar surface area (TPSA) is 148 Å². The number of aromatic nitrogens is 1. The first-order valence-corrected chi connectivity index (χ1v) is 10.4. The van der Waals surface area contributed by atoms with Gasteiger partial charge < -0.3 is 30.0 Å². The van der Waals surface area contributed by atoms with Gasteiger partial charge in [-0.2, -0.15) is 0 Å². The highest BCUT2D eigenvalue weighted by Crippen LogP contribution is 2.26. The Balaban J connectivity index is 1.47. The fourth-order valence-corrected chi connectivity index (χ4v) is 3.75. The van der Waals surface area contributed by atoms with E-state index in [1.165, 1.54) is 0 Å². The van der Waals surface area contributed by atoms with Gasteiger partial charge in [0.1, 0.15) is 12.6 Å². The predicted octanol–water partition coefficient (Wildman–Crippen LogP) is 0.897. The molecule has 11 heteroatoms. The normalized spacial score (nSPS) is 20.2. The first kappa shape index (κ1) is 22.5. The molecule has 1 aromatic carbocycles. The highest BCUT2D eigenvalue weighted by molar-refractivity contribution is 5.94. The van der Waals surface area contributed by atoms with Gasteiger partial charge in [0.2, 0.25) is 0 Å². The van der Waals surface area contributed by atoms with Crippen LogP contribution in [0.1, 0.15) is 11.3 Å². The van der Waals surface area contributed by atoms with Gasteiger partial charge in [-0.05, 0) is 17.7 Å². The number of carbonyl (C=O) groups excluding carboxylic acids is 2. The fraction of sp³-hybridized carbons (Fsp3) is 0.364. The average molecular weight is 456 g/mol. The van der Waals surface area contributed by atoms with Crippen LogP contribution in [0.2, 0.25) is 0 Å². The Bertz CT molecular complexity index is 1020. The van der Waals surface area contributed by atoms with Crippen molar-refractivity contribution in [3.8, 4) is 5.75 Å². The number of fused-ring (bicyclic) bond motifs is 1. The summed E-state index contributed by atoms with van der Waals surface area (Å²) in [7, 11) is 0. The van der Waals surface area contributed by atoms with Gasteiger partial charge in [-0.25, -0.2) is 9.78 Å². The molecule has 174 valence electrons. The molecule has 2 amide bonds. The second-order valence-corrected chi connectivity index (χ2v) is 7.70. The molecule has 1 fully saturated rings. The molecule has 2 aliphatic rings. The maximum atomic E-state index is 13.0. The van der Waals surface area contributed by atoms with Crippen LogP contribution in [0.25, 0.3) is 0 Å². The van der Waals surface area contributed by atoms with Crippen LogP contribution in [0.5, 0.6) is 5.75 Å². The third kappa shape index (κ3) is 5.76. The molecule has 1 saturated heterocycles. The number of benzene rings is 1. The Kier molecular flexibility index (Phi) is 7.01. The van der Waals surface area contributed by atoms with Gasteiger partial charge in [0.15, 0.2) is 18.2 Å². The van der Waals surface area contributed by atoms with Gasteiger partial charge >= 0.3 is 12.1 Å². The van der Waals surface area contributed by atoms with Crippen LogP contribution in [0.4, 0.5) is 10.6 Å². The molecule has 33 heavy (non-hydrogen) atoms. The van der Waals surface area contributed by atoms with Crippen molar-refractivity contribution in [1.29, 1.82) is 0 Å². The molecule has 3 unspecified atom stereocenters. The molecule has 3 heterocycles. The van der Waals surface area contributed by atoms with Crippen molar-refractivity contribution in [2.45, 2.75) is 25.2 Å². The maximum absolute atomic E-state index is 13.0. The van der Waals surface area contributed by atoms with Gasteiger partial charge in [0.05, 0.1) is 24.9 Å². The lowest BCUT2D eigenvalue weighted by Gasteiger charge is -2.27. The smallest absolute Gasteiger partial charge is 0.404 e. The molecule has 0 bridgehead atoms. The number of pyridine rings is 1. The van der Waals surface area contributed by atoms with Crippen molar-refractivity contribution < 1.29 is 33.7 Å². The summed E-state index contributed by atoms with van der Waals surface area (Å²) in [5.41, 5.74) is 1.39. The minimum Gasteiger partial charge on any atom is -0.480 e. The number of nitrogens with one attached hydrogen (secondary N) is 3. The quantitative estimate of drug-likeness (QED) is 0.425. The molecule has 11 nitrogen and oxygen atoms in total. The first-order valence-electron chi connectivity index (χ1n) is 10.4. The van der Waals surface area contributed by atoms with E-state index in [0.29, 0.717) is 17.3 Å². The Morgan fingerprint density at radius 1 is 1.21 bits per heavy atom. The Hall–Kier alpha value is -3.70. The summed E-state index contributed by atoms with van der Waals surface area (Å²) in [5.74, 6) is -0.533. The second kappa shape index (κ2) is 10.3. The third-order valence-electron chi connectivity index (χ3n) is 5.37. The summed E-state index contributed by atoms with van der Waals surface area (Å²) >= 11 is 0. The van der Waals surface area contributed by atoms with Gasteiger partial charge in [-0.3, -0.25) is 14.9 Å². The molecule has 2 aliphatic heterocycles. The summed E-state index contributed by atoms with van der Waals surface area (Å²) in [6.45, 7) is 0.529. The van der Waals surface area contributed by atoms with Crippen molar-refractivity contribution in [3.05, 3.63) is 53.7 Å². The maximum Gasteiger partial charge on any atom is 0.404 e. The zero-order valence-corrected chi connectivity index (χ0v) is 17.7. The lowest BCUT2D eigenvalue weighted by Crippen LogP contribution is -2.52. The van der Waals surface area contributed by atoms with Crippen molar-refractivity contribution >= 4 is 23.8 Å². The standard InChI is InChI=1S/C22H24N4O7/c27-18-12-32-17-7-6-14(24-20(17)26-18)8-23-19(15-10-31-11-16(15)25-22(29)30)21(28)33-9-13-4-2-1-3-5-13/h1-7,15-16,19,23,25H,8-12H2,(H,29,30)(H,24,26,27). The molecule has 0 aliphatic carbocycles. The largest absolute Gasteiger partial charge is 0.480 e. The number of esters is 1. The fourth-order valence-electron chi connectivity index (χ4n) is 3.75. The van der Waals surface area contributed by atoms with Crippen LogP contribution < -0.4 is 20.7 Å². The highest BCUT2D eigenvalue weighted by atomic mass is 16.5. The van der Waals surface area contributed by atoms with E-state index < -0.39 is 30.1 Å². The molecule has 1 aromatic heterocycles. The van der Waals surface area contributed by atoms with E-state index in [4.69, 9.17) is 19.3 Å². The van der Waals surface area contributed by atoms with Crippen LogP contribution >= 0.6 is 0 Å². The van der Waals surface area contributed by atoms with E-state index in [1.54, 1.807) is 12.1 Å². The highest BCUT2D eigenvalue weighted by Gasteiger charge is 2.40. The van der Waals surface area contributed by atoms with Crippen LogP contribution in [-0.4, -0.2) is 60.0 Å². The molecular formula is C22H24N4O7. The number of hydrogen-bond donors (Lipinski definition) is 4. The van der Waals surface area contributed by atoms with Crippen LogP contribution in [0.15, 0.2) is 42.5 Å². The lowest BCUT2D eigenvalue weighted by molar-refractivity contribution is -0.149. The van der Waals surface area contributed by atoms with Gasteiger partial charge in [0, 0.05) is 12.5 Å². The summed E-state index contributed by atoms with van der Waals surface area (Å²) in [5, 5.41) is 17.3. The molecular weight excluding hydrogens is 432 g/mol. The van der Waals surface area contributed by atoms with Crippen LogP contribution in [0.3, 0.4) is 0 Å². The number of carbonyl (C=O) groups is 3. The summed E-state index contributed by atoms with van der Waals surface area (Å²) in [6.07, 6.45) is -1.20. The zero-order valence-electron chi connectivity index (χ0n) is 17.7. The zero-order chi connectivity index (χ0) is 23.2. The number of rotatable bonds is 8. The van der Waals surface area contributed by atoms with Gasteiger partial charge in [-0.15, -0.1) is 0 Å². The average Bonchev–Trinajstić information content (AvgIpc) is 3.25. The second-order valence-electron chi connectivity index (χ2n) is 7.70. The monoisotopic (exact) mass is 456 g/mol. The van der Waals surface area contributed by atoms with Crippen LogP contribution in [0, 0.1) is 5.92 Å². The number of hydrogen-bond acceptors (Lipinski definition) is 8. The number of ether oxygens (including phenoxy) is 3. The Morgan fingerprint density at radius 2 is 2.03 bits per heavy atom. The lowest BCUT2D eigenvalue weighted by atomic mass is 9.94. The van der Waals surface area contributed by atoms with Crippen molar-refractivity contribution in [2.75, 3.05) is 25.1 Å². The minimum atomic E-state index is -1.20. The molecule has 0 spiro atoms. The van der Waals surface area contributed by atoms with E-state index in [1.807, 2.05) is 30.3 Å². The van der Waals surface area contributed by atoms with E-state index in [9.17, 15) is 14.4 Å². The number of nitrogens with zero attached hydrogens (tertiary/aromatic N) is 1. The molecule has 4 N–H and O–H groups in total. The van der Waals surface area contributed by atoms with Gasteiger partial charge in [0.25, 0.3) is 5.91 Å². The molecule has 3 atom stereocenters. The van der Waals surface area contributed by atoms with Crippen molar-refractivity contribution in [2.24, 2.45) is 5.92 Å². The van der Waals surface area contributed by atoms with Crippen molar-refractivity contribution in [1.82, 2.24) is 15.6 Å². The van der Waals surface area contributed by atoms with E-state index in [0.717, 1.165) is 5.56 Å². The number of amides is 2. The first-order chi connectivity index (χ1) is 16.0. The Morgan fingerprint density at radius 3 is 2.82 bits per heavy atom. The van der Waals surface area contributed by atoms with E-state index >= 15 is 0 Å².